The van der Waals surface area contributed by atoms with Gasteiger partial charge in [0.2, 0.25) is 0 Å². The summed E-state index contributed by atoms with van der Waals surface area (Å²) in [6.07, 6.45) is 34.3. The Bertz CT molecular complexity index is 453. The van der Waals surface area contributed by atoms with E-state index < -0.39 is 5.97 Å². The van der Waals surface area contributed by atoms with Crippen LogP contribution in [0.3, 0.4) is 0 Å². The fourth-order valence-electron chi connectivity index (χ4n) is 2.39. The molecule has 0 bridgehead atoms. The zero-order valence-corrected chi connectivity index (χ0v) is 16.6. The molecule has 0 saturated heterocycles. The summed E-state index contributed by atoms with van der Waals surface area (Å²) in [6, 6.07) is 0. The lowest BCUT2D eigenvalue weighted by Gasteiger charge is -1.94. The van der Waals surface area contributed by atoms with Crippen molar-refractivity contribution in [1.29, 1.82) is 0 Å². The van der Waals surface area contributed by atoms with E-state index in [1.54, 1.807) is 0 Å². The molecule has 0 aromatic rings. The summed E-state index contributed by atoms with van der Waals surface area (Å²) in [7, 11) is 0. The second-order valence-electron chi connectivity index (χ2n) is 6.38. The van der Waals surface area contributed by atoms with Gasteiger partial charge in [0.15, 0.2) is 0 Å². The highest BCUT2D eigenvalue weighted by Gasteiger charge is 1.92. The first-order chi connectivity index (χ1) is 12.8. The number of hydrogen-bond donors (Lipinski definition) is 1. The van der Waals surface area contributed by atoms with Crippen molar-refractivity contribution in [2.75, 3.05) is 0 Å². The number of allylic oxidation sites excluding steroid dienone is 10. The van der Waals surface area contributed by atoms with E-state index in [0.717, 1.165) is 44.9 Å². The Morgan fingerprint density at radius 2 is 1.04 bits per heavy atom. The Morgan fingerprint density at radius 3 is 1.58 bits per heavy atom. The third kappa shape index (κ3) is 22.2. The molecule has 0 aliphatic carbocycles. The van der Waals surface area contributed by atoms with Crippen molar-refractivity contribution in [3.05, 3.63) is 60.8 Å². The maximum absolute atomic E-state index is 10.4. The van der Waals surface area contributed by atoms with Crippen molar-refractivity contribution in [2.24, 2.45) is 0 Å². The number of unbranched alkanes of at least 4 members (excludes halogenated alkanes) is 5. The van der Waals surface area contributed by atoms with Crippen molar-refractivity contribution >= 4 is 5.97 Å². The molecule has 0 aromatic carbocycles. The van der Waals surface area contributed by atoms with Crippen LogP contribution in [0.2, 0.25) is 0 Å². The average molecular weight is 359 g/mol. The lowest BCUT2D eigenvalue weighted by atomic mass is 10.1. The third-order valence-corrected chi connectivity index (χ3v) is 3.87. The molecular formula is C24H38O2. The molecule has 0 atom stereocenters. The van der Waals surface area contributed by atoms with Crippen LogP contribution in [-0.2, 0) is 4.79 Å². The molecule has 1 N–H and O–H groups in total. The molecule has 146 valence electrons. The second kappa shape index (κ2) is 21.2. The van der Waals surface area contributed by atoms with Crippen molar-refractivity contribution in [3.8, 4) is 0 Å². The predicted molar refractivity (Wildman–Crippen MR) is 114 cm³/mol. The van der Waals surface area contributed by atoms with E-state index in [-0.39, 0.29) is 6.42 Å². The maximum atomic E-state index is 10.4. The minimum absolute atomic E-state index is 0.271. The van der Waals surface area contributed by atoms with Crippen LogP contribution in [0.25, 0.3) is 0 Å². The summed E-state index contributed by atoms with van der Waals surface area (Å²) in [5, 5.41) is 8.53. The van der Waals surface area contributed by atoms with E-state index >= 15 is 0 Å². The molecule has 2 nitrogen and oxygen atoms in total. The highest BCUT2D eigenvalue weighted by molar-refractivity contribution is 5.66. The van der Waals surface area contributed by atoms with Crippen LogP contribution in [0.5, 0.6) is 0 Å². The molecule has 0 rings (SSSR count). The summed E-state index contributed by atoms with van der Waals surface area (Å²) < 4.78 is 0. The fourth-order valence-corrected chi connectivity index (χ4v) is 2.39. The maximum Gasteiger partial charge on any atom is 0.303 e. The molecule has 0 spiro atoms. The highest BCUT2D eigenvalue weighted by atomic mass is 16.4. The van der Waals surface area contributed by atoms with E-state index in [0.29, 0.717) is 0 Å². The molecule has 0 fully saturated rings. The molecule has 0 aliphatic rings. The predicted octanol–water partition coefficient (Wildman–Crippen LogP) is 7.55. The summed E-state index contributed by atoms with van der Waals surface area (Å²) in [5.74, 6) is -0.705. The number of aliphatic carboxylic acids is 1. The van der Waals surface area contributed by atoms with Gasteiger partial charge in [0, 0.05) is 6.42 Å². The van der Waals surface area contributed by atoms with E-state index in [9.17, 15) is 4.79 Å². The van der Waals surface area contributed by atoms with Gasteiger partial charge < -0.3 is 5.11 Å². The Balaban J connectivity index is 3.35. The van der Waals surface area contributed by atoms with Gasteiger partial charge in [-0.05, 0) is 70.6 Å². The van der Waals surface area contributed by atoms with E-state index in [2.05, 4.69) is 67.7 Å². The van der Waals surface area contributed by atoms with Gasteiger partial charge in [-0.25, -0.2) is 0 Å². The third-order valence-electron chi connectivity index (χ3n) is 3.87. The Hall–Kier alpha value is -1.83. The topological polar surface area (TPSA) is 37.3 Å². The standard InChI is InChI=1S/C24H38O2/c1-2-3-4-5-6-7-8-9-10-11-12-13-14-15-16-17-18-19-20-21-22-23-24(25)26/h3-4,6-7,9-10,15-16,19-20H,2,5,8,11-14,17-18,21-23H2,1H3,(H,25,26)/b4-3-,7-6-,10-9-,16-15-,20-19-. The van der Waals surface area contributed by atoms with Gasteiger partial charge in [0.25, 0.3) is 0 Å². The van der Waals surface area contributed by atoms with Gasteiger partial charge in [-0.2, -0.15) is 0 Å². The minimum Gasteiger partial charge on any atom is -0.481 e. The number of hydrogen-bond acceptors (Lipinski definition) is 1. The SMILES string of the molecule is CC/C=C\C/C=C\C/C=C\CCCC/C=C\CC/C=C\CCCC(=O)O. The number of carboxylic acids is 1. The molecule has 2 heteroatoms. The summed E-state index contributed by atoms with van der Waals surface area (Å²) >= 11 is 0. The fraction of sp³-hybridized carbons (Fsp3) is 0.542. The zero-order chi connectivity index (χ0) is 19.1. The van der Waals surface area contributed by atoms with Gasteiger partial charge in [-0.15, -0.1) is 0 Å². The van der Waals surface area contributed by atoms with Crippen LogP contribution in [0.15, 0.2) is 60.8 Å². The van der Waals surface area contributed by atoms with Crippen LogP contribution in [0, 0.1) is 0 Å². The molecular weight excluding hydrogens is 320 g/mol. The van der Waals surface area contributed by atoms with Gasteiger partial charge in [0.05, 0.1) is 0 Å². The summed E-state index contributed by atoms with van der Waals surface area (Å²) in [4.78, 5) is 10.4. The first-order valence-corrected chi connectivity index (χ1v) is 10.2. The quantitative estimate of drug-likeness (QED) is 0.215. The molecule has 0 heterocycles. The molecule has 0 amide bonds. The average Bonchev–Trinajstić information content (AvgIpc) is 2.62. The van der Waals surface area contributed by atoms with Crippen molar-refractivity contribution in [3.63, 3.8) is 0 Å². The number of carbonyl (C=O) groups is 1. The van der Waals surface area contributed by atoms with Crippen molar-refractivity contribution < 1.29 is 9.90 Å². The number of rotatable bonds is 17. The summed E-state index contributed by atoms with van der Waals surface area (Å²) in [6.45, 7) is 2.16. The molecule has 0 aliphatic heterocycles. The lowest BCUT2D eigenvalue weighted by Crippen LogP contribution is -1.92. The van der Waals surface area contributed by atoms with Crippen LogP contribution in [0.1, 0.15) is 84.0 Å². The van der Waals surface area contributed by atoms with E-state index in [4.69, 9.17) is 5.11 Å². The van der Waals surface area contributed by atoms with Crippen LogP contribution < -0.4 is 0 Å². The van der Waals surface area contributed by atoms with Crippen LogP contribution in [0.4, 0.5) is 0 Å². The monoisotopic (exact) mass is 358 g/mol. The Labute approximate surface area is 161 Å². The van der Waals surface area contributed by atoms with Crippen molar-refractivity contribution in [1.82, 2.24) is 0 Å². The highest BCUT2D eigenvalue weighted by Crippen LogP contribution is 2.04. The lowest BCUT2D eigenvalue weighted by molar-refractivity contribution is -0.137. The Morgan fingerprint density at radius 1 is 0.615 bits per heavy atom. The molecule has 26 heavy (non-hydrogen) atoms. The Kier molecular flexibility index (Phi) is 19.7. The van der Waals surface area contributed by atoms with Crippen LogP contribution >= 0.6 is 0 Å². The molecule has 0 aromatic heterocycles. The minimum atomic E-state index is -0.705. The van der Waals surface area contributed by atoms with E-state index in [1.807, 2.05) is 0 Å². The smallest absolute Gasteiger partial charge is 0.303 e. The van der Waals surface area contributed by atoms with Gasteiger partial charge in [-0.3, -0.25) is 4.79 Å². The summed E-state index contributed by atoms with van der Waals surface area (Å²) in [5.41, 5.74) is 0. The largest absolute Gasteiger partial charge is 0.481 e. The van der Waals surface area contributed by atoms with Crippen LogP contribution in [-0.4, -0.2) is 11.1 Å². The van der Waals surface area contributed by atoms with E-state index in [1.165, 1.54) is 25.7 Å². The zero-order valence-electron chi connectivity index (χ0n) is 16.6. The molecule has 0 radical (unpaired) electrons. The van der Waals surface area contributed by atoms with Gasteiger partial charge >= 0.3 is 5.97 Å². The van der Waals surface area contributed by atoms with Crippen molar-refractivity contribution in [2.45, 2.75) is 84.0 Å². The normalized spacial score (nSPS) is 12.7. The second-order valence-corrected chi connectivity index (χ2v) is 6.38. The number of carboxylic acid groups (broad SMARTS) is 1. The van der Waals surface area contributed by atoms with Gasteiger partial charge in [0.1, 0.15) is 0 Å². The molecule has 0 saturated carbocycles. The molecule has 0 unspecified atom stereocenters. The van der Waals surface area contributed by atoms with Gasteiger partial charge in [-0.1, -0.05) is 67.7 Å². The first-order valence-electron chi connectivity index (χ1n) is 10.2. The first kappa shape index (κ1) is 24.2.